The SMILES string of the molecule is C#CCCCNC(C)c1ccc(CC)cc1. The van der Waals surface area contributed by atoms with Crippen molar-refractivity contribution in [3.8, 4) is 12.3 Å². The van der Waals surface area contributed by atoms with Crippen molar-refractivity contribution in [2.24, 2.45) is 0 Å². The smallest absolute Gasteiger partial charge is 0.0291 e. The summed E-state index contributed by atoms with van der Waals surface area (Å²) in [4.78, 5) is 0. The average Bonchev–Trinajstić information content (AvgIpc) is 2.34. The average molecular weight is 215 g/mol. The fraction of sp³-hybridized carbons (Fsp3) is 0.467. The molecule has 1 rings (SSSR count). The highest BCUT2D eigenvalue weighted by atomic mass is 14.9. The van der Waals surface area contributed by atoms with E-state index in [1.807, 2.05) is 0 Å². The van der Waals surface area contributed by atoms with Crippen molar-refractivity contribution in [1.29, 1.82) is 0 Å². The first-order valence-corrected chi connectivity index (χ1v) is 6.03. The van der Waals surface area contributed by atoms with Gasteiger partial charge in [0.1, 0.15) is 0 Å². The molecule has 1 heteroatoms. The summed E-state index contributed by atoms with van der Waals surface area (Å²) in [6.07, 6.45) is 8.22. The first-order valence-electron chi connectivity index (χ1n) is 6.03. The summed E-state index contributed by atoms with van der Waals surface area (Å²) in [6.45, 7) is 5.36. The molecule has 1 aromatic rings. The van der Waals surface area contributed by atoms with Crippen LogP contribution >= 0.6 is 0 Å². The molecule has 0 aliphatic rings. The van der Waals surface area contributed by atoms with Gasteiger partial charge in [-0.15, -0.1) is 12.3 Å². The molecule has 0 aliphatic heterocycles. The fourth-order valence-electron chi connectivity index (χ4n) is 1.67. The predicted molar refractivity (Wildman–Crippen MR) is 70.3 cm³/mol. The van der Waals surface area contributed by atoms with Crippen LogP contribution in [-0.2, 0) is 6.42 Å². The highest BCUT2D eigenvalue weighted by molar-refractivity contribution is 5.24. The van der Waals surface area contributed by atoms with E-state index in [-0.39, 0.29) is 0 Å². The highest BCUT2D eigenvalue weighted by Crippen LogP contribution is 2.13. The van der Waals surface area contributed by atoms with E-state index in [9.17, 15) is 0 Å². The summed E-state index contributed by atoms with van der Waals surface area (Å²) in [5.41, 5.74) is 2.74. The third-order valence-corrected chi connectivity index (χ3v) is 2.84. The van der Waals surface area contributed by atoms with Crippen molar-refractivity contribution < 1.29 is 0 Å². The molecule has 0 heterocycles. The van der Waals surface area contributed by atoms with Crippen molar-refractivity contribution in [3.63, 3.8) is 0 Å². The molecule has 1 N–H and O–H groups in total. The second-order valence-corrected chi connectivity index (χ2v) is 4.08. The lowest BCUT2D eigenvalue weighted by Crippen LogP contribution is -2.19. The van der Waals surface area contributed by atoms with Crippen molar-refractivity contribution in [1.82, 2.24) is 5.32 Å². The Balaban J connectivity index is 2.40. The van der Waals surface area contributed by atoms with Gasteiger partial charge < -0.3 is 5.32 Å². The van der Waals surface area contributed by atoms with Crippen molar-refractivity contribution in [2.45, 2.75) is 39.2 Å². The summed E-state index contributed by atoms with van der Waals surface area (Å²) in [6, 6.07) is 9.22. The number of hydrogen-bond donors (Lipinski definition) is 1. The number of benzene rings is 1. The van der Waals surface area contributed by atoms with Crippen LogP contribution in [0.25, 0.3) is 0 Å². The second-order valence-electron chi connectivity index (χ2n) is 4.08. The number of aryl methyl sites for hydroxylation is 1. The maximum absolute atomic E-state index is 5.21. The lowest BCUT2D eigenvalue weighted by atomic mass is 10.0. The summed E-state index contributed by atoms with van der Waals surface area (Å²) >= 11 is 0. The lowest BCUT2D eigenvalue weighted by molar-refractivity contribution is 0.562. The standard InChI is InChI=1S/C15H21N/c1-4-6-7-12-16-13(3)15-10-8-14(5-2)9-11-15/h1,8-11,13,16H,5-7,12H2,2-3H3. The van der Waals surface area contributed by atoms with Crippen molar-refractivity contribution >= 4 is 0 Å². The molecule has 1 aromatic carbocycles. The zero-order chi connectivity index (χ0) is 11.8. The van der Waals surface area contributed by atoms with E-state index < -0.39 is 0 Å². The van der Waals surface area contributed by atoms with Crippen LogP contribution in [0.2, 0.25) is 0 Å². The molecule has 0 spiro atoms. The lowest BCUT2D eigenvalue weighted by Gasteiger charge is -2.14. The van der Waals surface area contributed by atoms with Gasteiger partial charge in [-0.25, -0.2) is 0 Å². The molecule has 0 bridgehead atoms. The molecule has 1 unspecified atom stereocenters. The van der Waals surface area contributed by atoms with Crippen molar-refractivity contribution in [3.05, 3.63) is 35.4 Å². The molecule has 0 aliphatic carbocycles. The maximum atomic E-state index is 5.21. The van der Waals surface area contributed by atoms with Crippen LogP contribution in [-0.4, -0.2) is 6.54 Å². The first-order chi connectivity index (χ1) is 7.77. The van der Waals surface area contributed by atoms with Gasteiger partial charge in [-0.05, 0) is 37.4 Å². The van der Waals surface area contributed by atoms with Gasteiger partial charge in [-0.1, -0.05) is 31.2 Å². The molecule has 0 fully saturated rings. The molecule has 86 valence electrons. The van der Waals surface area contributed by atoms with Crippen LogP contribution in [0, 0.1) is 12.3 Å². The van der Waals surface area contributed by atoms with Crippen molar-refractivity contribution in [2.75, 3.05) is 6.54 Å². The van der Waals surface area contributed by atoms with E-state index in [0.717, 1.165) is 25.8 Å². The minimum atomic E-state index is 0.406. The molecule has 0 saturated carbocycles. The quantitative estimate of drug-likeness (QED) is 0.567. The van der Waals surface area contributed by atoms with Gasteiger partial charge in [-0.3, -0.25) is 0 Å². The zero-order valence-corrected chi connectivity index (χ0v) is 10.3. The van der Waals surface area contributed by atoms with Gasteiger partial charge in [0.15, 0.2) is 0 Å². The van der Waals surface area contributed by atoms with E-state index in [0.29, 0.717) is 6.04 Å². The molecule has 16 heavy (non-hydrogen) atoms. The normalized spacial score (nSPS) is 12.1. The molecule has 0 aromatic heterocycles. The Labute approximate surface area is 99.3 Å². The van der Waals surface area contributed by atoms with Gasteiger partial charge in [0.25, 0.3) is 0 Å². The van der Waals surface area contributed by atoms with Gasteiger partial charge >= 0.3 is 0 Å². The number of unbranched alkanes of at least 4 members (excludes halogenated alkanes) is 1. The molecule has 0 saturated heterocycles. The van der Waals surface area contributed by atoms with Crippen LogP contribution < -0.4 is 5.32 Å². The fourth-order valence-corrected chi connectivity index (χ4v) is 1.67. The third-order valence-electron chi connectivity index (χ3n) is 2.84. The van der Waals surface area contributed by atoms with Gasteiger partial charge in [-0.2, -0.15) is 0 Å². The maximum Gasteiger partial charge on any atom is 0.0291 e. The minimum absolute atomic E-state index is 0.406. The molecular weight excluding hydrogens is 194 g/mol. The van der Waals surface area contributed by atoms with E-state index in [1.54, 1.807) is 0 Å². The summed E-state index contributed by atoms with van der Waals surface area (Å²) < 4.78 is 0. The monoisotopic (exact) mass is 215 g/mol. The molecule has 1 atom stereocenters. The van der Waals surface area contributed by atoms with Gasteiger partial charge in [0.2, 0.25) is 0 Å². The third kappa shape index (κ3) is 4.08. The van der Waals surface area contributed by atoms with Crippen LogP contribution in [0.5, 0.6) is 0 Å². The van der Waals surface area contributed by atoms with E-state index >= 15 is 0 Å². The predicted octanol–water partition coefficient (Wildman–Crippen LogP) is 3.31. The number of rotatable bonds is 6. The Kier molecular flexibility index (Phi) is 5.67. The van der Waals surface area contributed by atoms with Gasteiger partial charge in [0.05, 0.1) is 0 Å². The molecular formula is C15H21N. The second kappa shape index (κ2) is 7.09. The largest absolute Gasteiger partial charge is 0.310 e. The Hall–Kier alpha value is -1.26. The van der Waals surface area contributed by atoms with Crippen LogP contribution in [0.3, 0.4) is 0 Å². The van der Waals surface area contributed by atoms with Gasteiger partial charge in [0, 0.05) is 12.5 Å². The van der Waals surface area contributed by atoms with E-state index in [2.05, 4.69) is 49.4 Å². The summed E-state index contributed by atoms with van der Waals surface area (Å²) in [5.74, 6) is 2.66. The summed E-state index contributed by atoms with van der Waals surface area (Å²) in [7, 11) is 0. The Morgan fingerprint density at radius 3 is 2.56 bits per heavy atom. The first kappa shape index (κ1) is 12.8. The zero-order valence-electron chi connectivity index (χ0n) is 10.3. The Bertz CT molecular complexity index is 331. The number of hydrogen-bond acceptors (Lipinski definition) is 1. The number of terminal acetylenes is 1. The topological polar surface area (TPSA) is 12.0 Å². The van der Waals surface area contributed by atoms with Crippen LogP contribution in [0.15, 0.2) is 24.3 Å². The van der Waals surface area contributed by atoms with E-state index in [1.165, 1.54) is 11.1 Å². The number of nitrogens with one attached hydrogen (secondary N) is 1. The molecule has 0 radical (unpaired) electrons. The minimum Gasteiger partial charge on any atom is -0.310 e. The van der Waals surface area contributed by atoms with E-state index in [4.69, 9.17) is 6.42 Å². The summed E-state index contributed by atoms with van der Waals surface area (Å²) in [5, 5.41) is 3.48. The molecule has 0 amide bonds. The van der Waals surface area contributed by atoms with Crippen LogP contribution in [0.4, 0.5) is 0 Å². The highest BCUT2D eigenvalue weighted by Gasteiger charge is 2.03. The van der Waals surface area contributed by atoms with Crippen LogP contribution in [0.1, 0.15) is 43.9 Å². The molecule has 1 nitrogen and oxygen atoms in total. The Morgan fingerprint density at radius 1 is 1.31 bits per heavy atom. The Morgan fingerprint density at radius 2 is 2.00 bits per heavy atom.